The van der Waals surface area contributed by atoms with Crippen LogP contribution in [0.3, 0.4) is 0 Å². The zero-order chi connectivity index (χ0) is 21.5. The van der Waals surface area contributed by atoms with E-state index < -0.39 is 0 Å². The van der Waals surface area contributed by atoms with E-state index >= 15 is 0 Å². The van der Waals surface area contributed by atoms with Crippen LogP contribution in [0.25, 0.3) is 0 Å². The summed E-state index contributed by atoms with van der Waals surface area (Å²) in [6, 6.07) is 16.0. The molecule has 0 unspecified atom stereocenters. The van der Waals surface area contributed by atoms with Crippen molar-refractivity contribution >= 4 is 18.1 Å². The van der Waals surface area contributed by atoms with Gasteiger partial charge in [-0.15, -0.1) is 0 Å². The molecule has 0 aliphatic heterocycles. The molecule has 1 amide bonds. The minimum Gasteiger partial charge on any atom is -0.488 e. The molecule has 1 heterocycles. The lowest BCUT2D eigenvalue weighted by atomic mass is 10.1. The van der Waals surface area contributed by atoms with Crippen molar-refractivity contribution in [1.82, 2.24) is 5.43 Å². The number of benzene rings is 2. The number of methoxy groups -OCH3 is 1. The van der Waals surface area contributed by atoms with Crippen molar-refractivity contribution in [3.8, 4) is 5.75 Å². The maximum Gasteiger partial charge on any atom is 0.337 e. The van der Waals surface area contributed by atoms with Crippen LogP contribution >= 0.6 is 0 Å². The van der Waals surface area contributed by atoms with E-state index in [0.29, 0.717) is 40.6 Å². The molecule has 0 aliphatic carbocycles. The normalized spacial score (nSPS) is 10.8. The van der Waals surface area contributed by atoms with Gasteiger partial charge >= 0.3 is 5.97 Å². The Morgan fingerprint density at radius 2 is 1.83 bits per heavy atom. The number of nitrogens with one attached hydrogen (secondary N) is 1. The number of hydrazone groups is 1. The molecule has 7 heteroatoms. The highest BCUT2D eigenvalue weighted by atomic mass is 16.5. The number of amides is 1. The third-order valence-corrected chi connectivity index (χ3v) is 4.34. The van der Waals surface area contributed by atoms with Gasteiger partial charge in [-0.1, -0.05) is 24.3 Å². The first-order valence-corrected chi connectivity index (χ1v) is 9.27. The summed E-state index contributed by atoms with van der Waals surface area (Å²) in [6.45, 7) is 3.82. The summed E-state index contributed by atoms with van der Waals surface area (Å²) in [5.41, 5.74) is 5.03. The molecule has 3 aromatic rings. The van der Waals surface area contributed by atoms with Gasteiger partial charge in [-0.05, 0) is 49.7 Å². The molecule has 0 saturated heterocycles. The predicted octanol–water partition coefficient (Wildman–Crippen LogP) is 4.03. The van der Waals surface area contributed by atoms with Crippen molar-refractivity contribution in [2.24, 2.45) is 5.10 Å². The SMILES string of the molecule is COC(=O)c1ccc(COc2ccccc2/C=N\NC(=O)c2cc(C)oc2C)cc1. The number of hydrogen-bond donors (Lipinski definition) is 1. The molecule has 2 aromatic carbocycles. The van der Waals surface area contributed by atoms with Gasteiger partial charge in [0, 0.05) is 5.56 Å². The van der Waals surface area contributed by atoms with Crippen LogP contribution in [0.2, 0.25) is 0 Å². The summed E-state index contributed by atoms with van der Waals surface area (Å²) in [7, 11) is 1.34. The number of rotatable bonds is 7. The van der Waals surface area contributed by atoms with E-state index in [4.69, 9.17) is 13.9 Å². The quantitative estimate of drug-likeness (QED) is 0.364. The molecule has 0 bridgehead atoms. The van der Waals surface area contributed by atoms with E-state index in [-0.39, 0.29) is 11.9 Å². The van der Waals surface area contributed by atoms with Gasteiger partial charge in [0.15, 0.2) is 0 Å². The second-order valence-electron chi connectivity index (χ2n) is 6.54. The van der Waals surface area contributed by atoms with E-state index in [2.05, 4.69) is 10.5 Å². The first-order valence-electron chi connectivity index (χ1n) is 9.27. The van der Waals surface area contributed by atoms with E-state index in [9.17, 15) is 9.59 Å². The summed E-state index contributed by atoms with van der Waals surface area (Å²) >= 11 is 0. The summed E-state index contributed by atoms with van der Waals surface area (Å²) in [6.07, 6.45) is 1.52. The zero-order valence-corrected chi connectivity index (χ0v) is 17.0. The van der Waals surface area contributed by atoms with Crippen molar-refractivity contribution < 1.29 is 23.5 Å². The molecule has 0 spiro atoms. The molecule has 0 atom stereocenters. The Balaban J connectivity index is 1.63. The number of ether oxygens (including phenoxy) is 2. The van der Waals surface area contributed by atoms with Crippen LogP contribution in [0.4, 0.5) is 0 Å². The van der Waals surface area contributed by atoms with Gasteiger partial charge in [0.2, 0.25) is 0 Å². The monoisotopic (exact) mass is 406 g/mol. The van der Waals surface area contributed by atoms with Crippen LogP contribution in [-0.4, -0.2) is 25.2 Å². The highest BCUT2D eigenvalue weighted by molar-refractivity contribution is 5.96. The van der Waals surface area contributed by atoms with Gasteiger partial charge in [0.1, 0.15) is 23.9 Å². The number of furan rings is 1. The Bertz CT molecular complexity index is 1070. The second-order valence-corrected chi connectivity index (χ2v) is 6.54. The fourth-order valence-corrected chi connectivity index (χ4v) is 2.81. The molecule has 3 rings (SSSR count). The third-order valence-electron chi connectivity index (χ3n) is 4.34. The predicted molar refractivity (Wildman–Crippen MR) is 112 cm³/mol. The Hall–Kier alpha value is -3.87. The topological polar surface area (TPSA) is 90.1 Å². The van der Waals surface area contributed by atoms with Crippen LogP contribution in [0.15, 0.2) is 64.1 Å². The smallest absolute Gasteiger partial charge is 0.337 e. The van der Waals surface area contributed by atoms with Crippen molar-refractivity contribution in [3.05, 3.63) is 88.4 Å². The average molecular weight is 406 g/mol. The van der Waals surface area contributed by atoms with Gasteiger partial charge < -0.3 is 13.9 Å². The Morgan fingerprint density at radius 1 is 1.10 bits per heavy atom. The summed E-state index contributed by atoms with van der Waals surface area (Å²) in [5.74, 6) is 1.10. The minimum absolute atomic E-state index is 0.312. The molecule has 7 nitrogen and oxygen atoms in total. The van der Waals surface area contributed by atoms with Gasteiger partial charge in [-0.2, -0.15) is 5.10 Å². The number of hydrogen-bond acceptors (Lipinski definition) is 6. The molecule has 0 fully saturated rings. The fourth-order valence-electron chi connectivity index (χ4n) is 2.81. The number of carbonyl (C=O) groups excluding carboxylic acids is 2. The van der Waals surface area contributed by atoms with Crippen LogP contribution in [0, 0.1) is 13.8 Å². The zero-order valence-electron chi connectivity index (χ0n) is 17.0. The molecule has 0 radical (unpaired) electrons. The summed E-state index contributed by atoms with van der Waals surface area (Å²) in [4.78, 5) is 23.7. The van der Waals surface area contributed by atoms with Gasteiger partial charge in [0.05, 0.1) is 24.5 Å². The Kier molecular flexibility index (Phi) is 6.64. The highest BCUT2D eigenvalue weighted by Gasteiger charge is 2.12. The number of para-hydroxylation sites is 1. The summed E-state index contributed by atoms with van der Waals surface area (Å²) in [5, 5.41) is 4.03. The molecule has 0 aliphatic rings. The maximum atomic E-state index is 12.2. The lowest BCUT2D eigenvalue weighted by molar-refractivity contribution is 0.0600. The largest absolute Gasteiger partial charge is 0.488 e. The van der Waals surface area contributed by atoms with Crippen molar-refractivity contribution in [2.45, 2.75) is 20.5 Å². The average Bonchev–Trinajstić information content (AvgIpc) is 3.10. The van der Waals surface area contributed by atoms with Gasteiger partial charge in [0.25, 0.3) is 5.91 Å². The molecular weight excluding hydrogens is 384 g/mol. The molecule has 0 saturated carbocycles. The molecule has 30 heavy (non-hydrogen) atoms. The molecule has 1 aromatic heterocycles. The lowest BCUT2D eigenvalue weighted by Gasteiger charge is -2.09. The second kappa shape index (κ2) is 9.56. The maximum absolute atomic E-state index is 12.2. The summed E-state index contributed by atoms with van der Waals surface area (Å²) < 4.78 is 15.9. The highest BCUT2D eigenvalue weighted by Crippen LogP contribution is 2.18. The fraction of sp³-hybridized carbons (Fsp3) is 0.174. The minimum atomic E-state index is -0.383. The van der Waals surface area contributed by atoms with Crippen molar-refractivity contribution in [1.29, 1.82) is 0 Å². The Morgan fingerprint density at radius 3 is 2.50 bits per heavy atom. The van der Waals surface area contributed by atoms with E-state index in [1.165, 1.54) is 13.3 Å². The van der Waals surface area contributed by atoms with Crippen LogP contribution < -0.4 is 10.2 Å². The number of carbonyl (C=O) groups is 2. The lowest BCUT2D eigenvalue weighted by Crippen LogP contribution is -2.17. The van der Waals surface area contributed by atoms with Crippen molar-refractivity contribution in [2.75, 3.05) is 7.11 Å². The van der Waals surface area contributed by atoms with Crippen LogP contribution in [0.5, 0.6) is 5.75 Å². The number of nitrogens with zero attached hydrogens (tertiary/aromatic N) is 1. The number of aryl methyl sites for hydroxylation is 2. The molecular formula is C23H22N2O5. The van der Waals surface area contributed by atoms with Gasteiger partial charge in [-0.25, -0.2) is 10.2 Å². The first-order chi connectivity index (χ1) is 14.5. The first kappa shape index (κ1) is 20.9. The van der Waals surface area contributed by atoms with Crippen LogP contribution in [0.1, 0.15) is 43.4 Å². The van der Waals surface area contributed by atoms with Crippen molar-refractivity contribution in [3.63, 3.8) is 0 Å². The molecule has 154 valence electrons. The van der Waals surface area contributed by atoms with Gasteiger partial charge in [-0.3, -0.25) is 4.79 Å². The van der Waals surface area contributed by atoms with E-state index in [1.54, 1.807) is 44.2 Å². The standard InChI is InChI=1S/C23H22N2O5/c1-15-12-20(16(2)30-15)22(26)25-24-13-19-6-4-5-7-21(19)29-14-17-8-10-18(11-9-17)23(27)28-3/h4-13H,14H2,1-3H3,(H,25,26)/b24-13-. The van der Waals surface area contributed by atoms with E-state index in [1.807, 2.05) is 24.3 Å². The Labute approximate surface area is 174 Å². The molecule has 1 N–H and O–H groups in total. The number of esters is 1. The van der Waals surface area contributed by atoms with E-state index in [0.717, 1.165) is 5.56 Å². The van der Waals surface area contributed by atoms with Crippen LogP contribution in [-0.2, 0) is 11.3 Å². The third kappa shape index (κ3) is 5.14.